The van der Waals surface area contributed by atoms with E-state index < -0.39 is 0 Å². The zero-order valence-electron chi connectivity index (χ0n) is 11.2. The van der Waals surface area contributed by atoms with E-state index in [1.807, 2.05) is 29.2 Å². The van der Waals surface area contributed by atoms with Gasteiger partial charge in [0.2, 0.25) is 5.91 Å². The number of benzene rings is 1. The zero-order chi connectivity index (χ0) is 13.7. The number of aliphatic hydroxyl groups excluding tert-OH is 1. The summed E-state index contributed by atoms with van der Waals surface area (Å²) in [6.07, 6.45) is 4.29. The van der Waals surface area contributed by atoms with Gasteiger partial charge in [-0.15, -0.1) is 0 Å². The Morgan fingerprint density at radius 2 is 2.26 bits per heavy atom. The van der Waals surface area contributed by atoms with Crippen molar-refractivity contribution >= 4 is 11.6 Å². The molecule has 0 aromatic heterocycles. The van der Waals surface area contributed by atoms with Crippen LogP contribution in [0.1, 0.15) is 31.2 Å². The molecule has 1 heterocycles. The van der Waals surface area contributed by atoms with Crippen LogP contribution >= 0.6 is 0 Å². The summed E-state index contributed by atoms with van der Waals surface area (Å²) in [5.74, 6) is 0.142. The number of nitrogens with zero attached hydrogens (tertiary/aromatic N) is 1. The lowest BCUT2D eigenvalue weighted by atomic mass is 9.98. The van der Waals surface area contributed by atoms with Gasteiger partial charge in [0.15, 0.2) is 0 Å². The fourth-order valence-corrected chi connectivity index (χ4v) is 2.76. The zero-order valence-corrected chi connectivity index (χ0v) is 11.2. The largest absolute Gasteiger partial charge is 0.399 e. The van der Waals surface area contributed by atoms with Crippen molar-refractivity contribution in [1.82, 2.24) is 4.90 Å². The Morgan fingerprint density at radius 3 is 3.00 bits per heavy atom. The van der Waals surface area contributed by atoms with Gasteiger partial charge in [0.25, 0.3) is 0 Å². The van der Waals surface area contributed by atoms with Crippen molar-refractivity contribution in [3.63, 3.8) is 0 Å². The van der Waals surface area contributed by atoms with Gasteiger partial charge in [-0.25, -0.2) is 0 Å². The Bertz CT molecular complexity index is 432. The second-order valence-electron chi connectivity index (χ2n) is 5.17. The van der Waals surface area contributed by atoms with E-state index in [2.05, 4.69) is 0 Å². The average Bonchev–Trinajstić information content (AvgIpc) is 2.39. The third-order valence-electron chi connectivity index (χ3n) is 3.72. The summed E-state index contributed by atoms with van der Waals surface area (Å²) in [5.41, 5.74) is 7.38. The molecule has 1 unspecified atom stereocenters. The van der Waals surface area contributed by atoms with Crippen LogP contribution in [0.4, 0.5) is 5.69 Å². The highest BCUT2D eigenvalue weighted by Gasteiger charge is 2.25. The highest BCUT2D eigenvalue weighted by atomic mass is 16.3. The Labute approximate surface area is 114 Å². The van der Waals surface area contributed by atoms with Gasteiger partial charge in [0, 0.05) is 24.9 Å². The highest BCUT2D eigenvalue weighted by molar-refractivity contribution is 5.79. The minimum Gasteiger partial charge on any atom is -0.399 e. The molecule has 1 aromatic rings. The molecule has 0 radical (unpaired) electrons. The first kappa shape index (κ1) is 13.9. The van der Waals surface area contributed by atoms with Crippen LogP contribution in [0.15, 0.2) is 24.3 Å². The molecule has 1 aliphatic rings. The second-order valence-corrected chi connectivity index (χ2v) is 5.17. The molecule has 0 spiro atoms. The van der Waals surface area contributed by atoms with E-state index in [1.54, 1.807) is 0 Å². The van der Waals surface area contributed by atoms with Crippen LogP contribution in [0.5, 0.6) is 0 Å². The monoisotopic (exact) mass is 262 g/mol. The van der Waals surface area contributed by atoms with Crippen molar-refractivity contribution in [3.05, 3.63) is 29.8 Å². The number of hydrogen-bond acceptors (Lipinski definition) is 3. The lowest BCUT2D eigenvalue weighted by Gasteiger charge is -2.35. The van der Waals surface area contributed by atoms with Crippen molar-refractivity contribution in [2.75, 3.05) is 18.9 Å². The number of hydrogen-bond donors (Lipinski definition) is 2. The van der Waals surface area contributed by atoms with E-state index in [0.29, 0.717) is 18.5 Å². The minimum atomic E-state index is 0.142. The minimum absolute atomic E-state index is 0.142. The molecule has 2 rings (SSSR count). The predicted molar refractivity (Wildman–Crippen MR) is 75.6 cm³/mol. The van der Waals surface area contributed by atoms with Crippen molar-refractivity contribution < 1.29 is 9.90 Å². The maximum Gasteiger partial charge on any atom is 0.227 e. The average molecular weight is 262 g/mol. The third kappa shape index (κ3) is 3.70. The first-order chi connectivity index (χ1) is 9.20. The molecule has 0 bridgehead atoms. The number of anilines is 1. The number of carbonyl (C=O) groups excluding carboxylic acids is 1. The number of piperidine rings is 1. The van der Waals surface area contributed by atoms with Gasteiger partial charge in [0.1, 0.15) is 0 Å². The number of likely N-dealkylation sites (tertiary alicyclic amines) is 1. The summed E-state index contributed by atoms with van der Waals surface area (Å²) in [6, 6.07) is 7.68. The van der Waals surface area contributed by atoms with Gasteiger partial charge >= 0.3 is 0 Å². The highest BCUT2D eigenvalue weighted by Crippen LogP contribution is 2.21. The first-order valence-electron chi connectivity index (χ1n) is 6.95. The SMILES string of the molecule is Nc1cccc(CC(=O)N2CCCCC2CCO)c1. The molecule has 4 nitrogen and oxygen atoms in total. The summed E-state index contributed by atoms with van der Waals surface area (Å²) in [5, 5.41) is 9.09. The molecule has 19 heavy (non-hydrogen) atoms. The summed E-state index contributed by atoms with van der Waals surface area (Å²) in [7, 11) is 0. The smallest absolute Gasteiger partial charge is 0.227 e. The van der Waals surface area contributed by atoms with E-state index in [1.165, 1.54) is 0 Å². The predicted octanol–water partition coefficient (Wildman–Crippen LogP) is 1.57. The maximum absolute atomic E-state index is 12.4. The molecule has 3 N–H and O–H groups in total. The topological polar surface area (TPSA) is 66.6 Å². The van der Waals surface area contributed by atoms with E-state index >= 15 is 0 Å². The van der Waals surface area contributed by atoms with Gasteiger partial charge in [-0.05, 0) is 43.4 Å². The van der Waals surface area contributed by atoms with Gasteiger partial charge in [0.05, 0.1) is 6.42 Å². The number of rotatable bonds is 4. The Balaban J connectivity index is 2.01. The van der Waals surface area contributed by atoms with E-state index in [0.717, 1.165) is 31.4 Å². The van der Waals surface area contributed by atoms with Crippen LogP contribution in [-0.4, -0.2) is 35.1 Å². The second kappa shape index (κ2) is 6.57. The summed E-state index contributed by atoms with van der Waals surface area (Å²) < 4.78 is 0. The number of nitrogen functional groups attached to an aromatic ring is 1. The lowest BCUT2D eigenvalue weighted by molar-refractivity contribution is -0.134. The Kier molecular flexibility index (Phi) is 4.80. The van der Waals surface area contributed by atoms with Crippen LogP contribution in [0.2, 0.25) is 0 Å². The molecule has 1 amide bonds. The number of carbonyl (C=O) groups is 1. The molecule has 1 atom stereocenters. The molecule has 1 aromatic carbocycles. The fraction of sp³-hybridized carbons (Fsp3) is 0.533. The summed E-state index contributed by atoms with van der Waals surface area (Å²) >= 11 is 0. The number of amides is 1. The van der Waals surface area contributed by atoms with Crippen LogP contribution in [0.3, 0.4) is 0 Å². The molecular weight excluding hydrogens is 240 g/mol. The molecular formula is C15H22N2O2. The lowest BCUT2D eigenvalue weighted by Crippen LogP contribution is -2.44. The van der Waals surface area contributed by atoms with Crippen LogP contribution in [-0.2, 0) is 11.2 Å². The van der Waals surface area contributed by atoms with Gasteiger partial charge in [-0.3, -0.25) is 4.79 Å². The number of nitrogens with two attached hydrogens (primary N) is 1. The molecule has 104 valence electrons. The first-order valence-corrected chi connectivity index (χ1v) is 6.95. The molecule has 1 aliphatic heterocycles. The quantitative estimate of drug-likeness (QED) is 0.809. The van der Waals surface area contributed by atoms with Crippen molar-refractivity contribution in [1.29, 1.82) is 0 Å². The van der Waals surface area contributed by atoms with Crippen LogP contribution < -0.4 is 5.73 Å². The maximum atomic E-state index is 12.4. The molecule has 0 saturated carbocycles. The third-order valence-corrected chi connectivity index (χ3v) is 3.72. The Hall–Kier alpha value is -1.55. The normalized spacial score (nSPS) is 19.4. The summed E-state index contributed by atoms with van der Waals surface area (Å²) in [6.45, 7) is 0.957. The molecule has 0 aliphatic carbocycles. The summed E-state index contributed by atoms with van der Waals surface area (Å²) in [4.78, 5) is 14.3. The van der Waals surface area contributed by atoms with Gasteiger partial charge in [-0.1, -0.05) is 12.1 Å². The number of aliphatic hydroxyl groups is 1. The van der Waals surface area contributed by atoms with Crippen molar-refractivity contribution in [2.24, 2.45) is 0 Å². The van der Waals surface area contributed by atoms with Crippen LogP contribution in [0.25, 0.3) is 0 Å². The standard InChI is InChI=1S/C15H22N2O2/c16-13-5-3-4-12(10-13)11-15(19)17-8-2-1-6-14(17)7-9-18/h3-5,10,14,18H,1-2,6-9,11,16H2. The molecule has 1 fully saturated rings. The van der Waals surface area contributed by atoms with Crippen molar-refractivity contribution in [3.8, 4) is 0 Å². The van der Waals surface area contributed by atoms with Gasteiger partial charge in [-0.2, -0.15) is 0 Å². The Morgan fingerprint density at radius 1 is 1.42 bits per heavy atom. The van der Waals surface area contributed by atoms with E-state index in [9.17, 15) is 4.79 Å². The fourth-order valence-electron chi connectivity index (χ4n) is 2.76. The van der Waals surface area contributed by atoms with Gasteiger partial charge < -0.3 is 15.7 Å². The molecule has 4 heteroatoms. The van der Waals surface area contributed by atoms with E-state index in [4.69, 9.17) is 10.8 Å². The molecule has 1 saturated heterocycles. The van der Waals surface area contributed by atoms with Crippen LogP contribution in [0, 0.1) is 0 Å². The van der Waals surface area contributed by atoms with E-state index in [-0.39, 0.29) is 18.6 Å². The van der Waals surface area contributed by atoms with Crippen molar-refractivity contribution in [2.45, 2.75) is 38.1 Å².